The maximum absolute atomic E-state index is 12.3. The van der Waals surface area contributed by atoms with Gasteiger partial charge in [-0.25, -0.2) is 0 Å². The molecular weight excluding hydrogens is 252 g/mol. The van der Waals surface area contributed by atoms with Crippen molar-refractivity contribution >= 4 is 5.91 Å². The first-order valence-corrected chi connectivity index (χ1v) is 7.06. The number of benzene rings is 1. The van der Waals surface area contributed by atoms with Crippen LogP contribution in [0, 0.1) is 11.3 Å². The molecule has 0 bridgehead atoms. The molecular formula is C16H20N2O2. The maximum atomic E-state index is 12.3. The van der Waals surface area contributed by atoms with Gasteiger partial charge in [0.05, 0.1) is 11.6 Å². The molecule has 1 amide bonds. The lowest BCUT2D eigenvalue weighted by Gasteiger charge is -2.38. The number of likely N-dealkylation sites (tertiary alicyclic amines) is 1. The first-order chi connectivity index (χ1) is 9.61. The molecule has 1 aromatic carbocycles. The Bertz CT molecular complexity index is 511. The number of hydrogen-bond donors (Lipinski definition) is 0. The summed E-state index contributed by atoms with van der Waals surface area (Å²) in [5.41, 5.74) is 0.537. The summed E-state index contributed by atoms with van der Waals surface area (Å²) in [6.45, 7) is 4.21. The topological polar surface area (TPSA) is 53.3 Å². The van der Waals surface area contributed by atoms with Crippen molar-refractivity contribution < 1.29 is 9.53 Å². The molecule has 0 N–H and O–H groups in total. The van der Waals surface area contributed by atoms with Crippen LogP contribution in [0.3, 0.4) is 0 Å². The number of amides is 1. The molecule has 1 aliphatic heterocycles. The molecule has 0 saturated carbocycles. The van der Waals surface area contributed by atoms with E-state index in [4.69, 9.17) is 10.00 Å². The largest absolute Gasteiger partial charge is 0.484 e. The summed E-state index contributed by atoms with van der Waals surface area (Å²) < 4.78 is 5.52. The lowest BCUT2D eigenvalue weighted by molar-refractivity contribution is -0.139. The van der Waals surface area contributed by atoms with Crippen molar-refractivity contribution in [3.63, 3.8) is 0 Å². The summed E-state index contributed by atoms with van der Waals surface area (Å²) in [5, 5.41) is 8.83. The van der Waals surface area contributed by atoms with Crippen LogP contribution in [0.2, 0.25) is 0 Å². The van der Waals surface area contributed by atoms with E-state index in [-0.39, 0.29) is 24.6 Å². The van der Waals surface area contributed by atoms with Crippen molar-refractivity contribution in [2.45, 2.75) is 45.2 Å². The van der Waals surface area contributed by atoms with Crippen molar-refractivity contribution in [3.05, 3.63) is 29.8 Å². The van der Waals surface area contributed by atoms with Crippen LogP contribution in [-0.4, -0.2) is 29.5 Å². The highest BCUT2D eigenvalue weighted by Gasteiger charge is 2.28. The van der Waals surface area contributed by atoms with Gasteiger partial charge in [-0.3, -0.25) is 4.79 Å². The quantitative estimate of drug-likeness (QED) is 0.850. The van der Waals surface area contributed by atoms with Gasteiger partial charge in [-0.15, -0.1) is 0 Å². The maximum Gasteiger partial charge on any atom is 0.260 e. The lowest BCUT2D eigenvalue weighted by atomic mass is 9.97. The number of carbonyl (C=O) groups is 1. The zero-order valence-electron chi connectivity index (χ0n) is 12.0. The molecule has 106 valence electrons. The molecule has 0 aliphatic carbocycles. The number of nitriles is 1. The van der Waals surface area contributed by atoms with E-state index in [2.05, 4.69) is 19.9 Å². The highest BCUT2D eigenvalue weighted by molar-refractivity contribution is 5.78. The first-order valence-electron chi connectivity index (χ1n) is 7.06. The van der Waals surface area contributed by atoms with Crippen LogP contribution in [0.4, 0.5) is 0 Å². The normalized spacial score (nSPS) is 22.1. The van der Waals surface area contributed by atoms with E-state index in [9.17, 15) is 4.79 Å². The Kier molecular flexibility index (Phi) is 4.62. The van der Waals surface area contributed by atoms with E-state index in [0.29, 0.717) is 11.3 Å². The number of piperidine rings is 1. The number of carbonyl (C=O) groups excluding carboxylic acids is 1. The van der Waals surface area contributed by atoms with Gasteiger partial charge in [-0.2, -0.15) is 5.26 Å². The van der Waals surface area contributed by atoms with E-state index in [1.807, 2.05) is 4.90 Å². The molecule has 1 heterocycles. The minimum Gasteiger partial charge on any atom is -0.484 e. The second-order valence-electron chi connectivity index (χ2n) is 5.36. The third-order valence-corrected chi connectivity index (χ3v) is 3.81. The third kappa shape index (κ3) is 3.30. The molecule has 1 aliphatic rings. The zero-order chi connectivity index (χ0) is 14.5. The molecule has 0 unspecified atom stereocenters. The molecule has 4 heteroatoms. The second kappa shape index (κ2) is 6.42. The number of nitrogens with zero attached hydrogens (tertiary/aromatic N) is 2. The van der Waals surface area contributed by atoms with Crippen molar-refractivity contribution in [1.82, 2.24) is 4.90 Å². The Morgan fingerprint density at radius 3 is 2.75 bits per heavy atom. The minimum absolute atomic E-state index is 0.0204. The van der Waals surface area contributed by atoms with Crippen molar-refractivity contribution in [2.24, 2.45) is 0 Å². The minimum atomic E-state index is 0.0204. The van der Waals surface area contributed by atoms with Gasteiger partial charge in [0, 0.05) is 12.1 Å². The van der Waals surface area contributed by atoms with Gasteiger partial charge >= 0.3 is 0 Å². The van der Waals surface area contributed by atoms with Gasteiger partial charge in [0.1, 0.15) is 5.75 Å². The summed E-state index contributed by atoms with van der Waals surface area (Å²) in [5.74, 6) is 0.585. The Morgan fingerprint density at radius 2 is 2.10 bits per heavy atom. The molecule has 1 fully saturated rings. The molecule has 0 spiro atoms. The van der Waals surface area contributed by atoms with Gasteiger partial charge in [0.2, 0.25) is 0 Å². The zero-order valence-corrected chi connectivity index (χ0v) is 12.0. The number of hydrogen-bond acceptors (Lipinski definition) is 3. The van der Waals surface area contributed by atoms with Gasteiger partial charge in [0.15, 0.2) is 6.61 Å². The Hall–Kier alpha value is -2.02. The summed E-state index contributed by atoms with van der Waals surface area (Å²) in [6, 6.07) is 9.49. The van der Waals surface area contributed by atoms with Gasteiger partial charge in [-0.1, -0.05) is 6.07 Å². The highest BCUT2D eigenvalue weighted by Crippen LogP contribution is 2.22. The second-order valence-corrected chi connectivity index (χ2v) is 5.36. The van der Waals surface area contributed by atoms with E-state index in [0.717, 1.165) is 12.8 Å². The fourth-order valence-electron chi connectivity index (χ4n) is 2.79. The standard InChI is InChI=1S/C16H20N2O2/c1-12-5-3-6-13(2)18(12)16(19)11-20-15-8-4-7-14(9-15)10-17/h4,7-9,12-13H,3,5-6,11H2,1-2H3/t12-,13-/m1/s1. The number of ether oxygens (including phenoxy) is 1. The lowest BCUT2D eigenvalue weighted by Crippen LogP contribution is -2.49. The summed E-state index contributed by atoms with van der Waals surface area (Å²) >= 11 is 0. The molecule has 2 atom stereocenters. The fourth-order valence-corrected chi connectivity index (χ4v) is 2.79. The first kappa shape index (κ1) is 14.4. The molecule has 1 aromatic rings. The monoisotopic (exact) mass is 272 g/mol. The van der Waals surface area contributed by atoms with Crippen LogP contribution in [-0.2, 0) is 4.79 Å². The van der Waals surface area contributed by atoms with Crippen LogP contribution in [0.1, 0.15) is 38.7 Å². The Morgan fingerprint density at radius 1 is 1.40 bits per heavy atom. The van der Waals surface area contributed by atoms with Gasteiger partial charge in [0.25, 0.3) is 5.91 Å². The predicted octanol–water partition coefficient (Wildman–Crippen LogP) is 2.73. The summed E-state index contributed by atoms with van der Waals surface area (Å²) in [7, 11) is 0. The summed E-state index contributed by atoms with van der Waals surface area (Å²) in [6.07, 6.45) is 3.29. The van der Waals surface area contributed by atoms with Crippen molar-refractivity contribution in [2.75, 3.05) is 6.61 Å². The summed E-state index contributed by atoms with van der Waals surface area (Å²) in [4.78, 5) is 14.2. The SMILES string of the molecule is C[C@@H]1CCC[C@@H](C)N1C(=O)COc1cccc(C#N)c1. The average molecular weight is 272 g/mol. The van der Waals surface area contributed by atoms with Crippen LogP contribution in [0.25, 0.3) is 0 Å². The van der Waals surface area contributed by atoms with Gasteiger partial charge < -0.3 is 9.64 Å². The smallest absolute Gasteiger partial charge is 0.260 e. The third-order valence-electron chi connectivity index (χ3n) is 3.81. The van der Waals surface area contributed by atoms with Crippen molar-refractivity contribution in [1.29, 1.82) is 5.26 Å². The van der Waals surface area contributed by atoms with Crippen molar-refractivity contribution in [3.8, 4) is 11.8 Å². The molecule has 0 radical (unpaired) electrons. The highest BCUT2D eigenvalue weighted by atomic mass is 16.5. The molecule has 2 rings (SSSR count). The number of rotatable bonds is 3. The van der Waals surface area contributed by atoms with E-state index in [1.54, 1.807) is 24.3 Å². The van der Waals surface area contributed by atoms with Crippen LogP contribution in [0.15, 0.2) is 24.3 Å². The van der Waals surface area contributed by atoms with E-state index < -0.39 is 0 Å². The predicted molar refractivity (Wildman–Crippen MR) is 76.3 cm³/mol. The van der Waals surface area contributed by atoms with Crippen LogP contribution in [0.5, 0.6) is 5.75 Å². The van der Waals surface area contributed by atoms with Crippen LogP contribution < -0.4 is 4.74 Å². The van der Waals surface area contributed by atoms with E-state index in [1.165, 1.54) is 6.42 Å². The molecule has 1 saturated heterocycles. The van der Waals surface area contributed by atoms with Gasteiger partial charge in [-0.05, 0) is 51.3 Å². The Labute approximate surface area is 120 Å². The molecule has 20 heavy (non-hydrogen) atoms. The molecule has 0 aromatic heterocycles. The van der Waals surface area contributed by atoms with Crippen LogP contribution >= 0.6 is 0 Å². The fraction of sp³-hybridized carbons (Fsp3) is 0.500. The molecule has 4 nitrogen and oxygen atoms in total. The average Bonchev–Trinajstić information content (AvgIpc) is 2.45. The Balaban J connectivity index is 1.96. The van der Waals surface area contributed by atoms with E-state index >= 15 is 0 Å².